The summed E-state index contributed by atoms with van der Waals surface area (Å²) >= 11 is 0. The third-order valence-electron chi connectivity index (χ3n) is 2.71. The van der Waals surface area contributed by atoms with E-state index in [4.69, 9.17) is 5.11 Å². The maximum Gasteiger partial charge on any atom is 0.316 e. The lowest BCUT2D eigenvalue weighted by molar-refractivity contribution is -0.139. The van der Waals surface area contributed by atoms with Crippen molar-refractivity contribution in [2.24, 2.45) is 0 Å². The Bertz CT molecular complexity index is 384. The average Bonchev–Trinajstić information content (AvgIpc) is 2.16. The van der Waals surface area contributed by atoms with Crippen molar-refractivity contribution in [3.05, 3.63) is 29.1 Å². The number of nitrogens with zero attached hydrogens (tertiary/aromatic N) is 1. The van der Waals surface area contributed by atoms with Crippen molar-refractivity contribution in [2.45, 2.75) is 32.1 Å². The minimum Gasteiger partial charge on any atom is -0.481 e. The van der Waals surface area contributed by atoms with Crippen LogP contribution in [0.5, 0.6) is 0 Å². The molecule has 3 nitrogen and oxygen atoms in total. The zero-order valence-corrected chi connectivity index (χ0v) is 10.3. The molecule has 0 aromatic carbocycles. The summed E-state index contributed by atoms with van der Waals surface area (Å²) in [6.45, 7) is 1.98. The largest absolute Gasteiger partial charge is 0.481 e. The number of aromatic nitrogens is 1. The van der Waals surface area contributed by atoms with Gasteiger partial charge in [-0.3, -0.25) is 9.78 Å². The van der Waals surface area contributed by atoms with Crippen LogP contribution in [-0.4, -0.2) is 39.1 Å². The number of carboxylic acid groups (broad SMARTS) is 1. The van der Waals surface area contributed by atoms with Gasteiger partial charge in [-0.2, -0.15) is 0 Å². The highest BCUT2D eigenvalue weighted by Crippen LogP contribution is 2.30. The Kier molecular flexibility index (Phi) is 6.51. The summed E-state index contributed by atoms with van der Waals surface area (Å²) in [6.07, 6.45) is 4.39. The summed E-state index contributed by atoms with van der Waals surface area (Å²) in [5, 5.41) is 9.01. The molecule has 2 rings (SSSR count). The first-order valence-electron chi connectivity index (χ1n) is 4.86. The van der Waals surface area contributed by atoms with Crippen molar-refractivity contribution in [1.82, 2.24) is 4.98 Å². The van der Waals surface area contributed by atoms with Crippen LogP contribution in [-0.2, 0) is 11.2 Å². The topological polar surface area (TPSA) is 50.2 Å². The first kappa shape index (κ1) is 15.9. The number of carbonyl (C=O) groups is 1. The SMILES string of the molecule is Br.Cc1cnc2c(c1)CCCC2C(=O)O.[MgH2]. The Balaban J connectivity index is 0.00000112. The molecule has 0 fully saturated rings. The summed E-state index contributed by atoms with van der Waals surface area (Å²) < 4.78 is 0. The van der Waals surface area contributed by atoms with Gasteiger partial charge in [0.1, 0.15) is 0 Å². The Morgan fingerprint density at radius 2 is 2.25 bits per heavy atom. The van der Waals surface area contributed by atoms with Crippen molar-refractivity contribution >= 4 is 46.0 Å². The van der Waals surface area contributed by atoms with Crippen LogP contribution in [0.25, 0.3) is 0 Å². The number of pyridine rings is 1. The monoisotopic (exact) mass is 297 g/mol. The van der Waals surface area contributed by atoms with Crippen LogP contribution in [0.3, 0.4) is 0 Å². The number of aliphatic carboxylic acids is 1. The molecule has 1 aliphatic rings. The quantitative estimate of drug-likeness (QED) is 0.801. The van der Waals surface area contributed by atoms with Crippen molar-refractivity contribution in [1.29, 1.82) is 0 Å². The van der Waals surface area contributed by atoms with Gasteiger partial charge >= 0.3 is 29.0 Å². The zero-order valence-electron chi connectivity index (χ0n) is 8.56. The molecule has 1 unspecified atom stereocenters. The number of aryl methyl sites for hydroxylation is 2. The van der Waals surface area contributed by atoms with Gasteiger partial charge in [-0.05, 0) is 37.3 Å². The van der Waals surface area contributed by atoms with Crippen LogP contribution < -0.4 is 0 Å². The summed E-state index contributed by atoms with van der Waals surface area (Å²) in [5.74, 6) is -1.14. The van der Waals surface area contributed by atoms with Gasteiger partial charge < -0.3 is 5.11 Å². The minimum absolute atomic E-state index is 0. The van der Waals surface area contributed by atoms with Gasteiger partial charge in [-0.1, -0.05) is 6.07 Å². The van der Waals surface area contributed by atoms with E-state index in [2.05, 4.69) is 11.1 Å². The molecule has 1 aromatic heterocycles. The first-order valence-corrected chi connectivity index (χ1v) is 4.86. The maximum atomic E-state index is 11.0. The molecular weight excluding hydrogens is 282 g/mol. The van der Waals surface area contributed by atoms with Crippen molar-refractivity contribution in [3.63, 3.8) is 0 Å². The van der Waals surface area contributed by atoms with Crippen LogP contribution in [0.2, 0.25) is 0 Å². The highest BCUT2D eigenvalue weighted by atomic mass is 79.9. The second-order valence-corrected chi connectivity index (χ2v) is 3.84. The maximum absolute atomic E-state index is 11.0. The number of rotatable bonds is 1. The molecule has 1 atom stereocenters. The molecule has 5 heteroatoms. The zero-order chi connectivity index (χ0) is 10.1. The third-order valence-corrected chi connectivity index (χ3v) is 2.71. The molecule has 86 valence electrons. The van der Waals surface area contributed by atoms with Gasteiger partial charge in [-0.25, -0.2) is 0 Å². The first-order chi connectivity index (χ1) is 6.68. The Morgan fingerprint density at radius 3 is 2.88 bits per heavy atom. The van der Waals surface area contributed by atoms with Gasteiger partial charge in [0.2, 0.25) is 0 Å². The molecule has 1 aliphatic carbocycles. The van der Waals surface area contributed by atoms with Crippen molar-refractivity contribution in [3.8, 4) is 0 Å². The van der Waals surface area contributed by atoms with Crippen LogP contribution in [0.1, 0.15) is 35.6 Å². The van der Waals surface area contributed by atoms with E-state index in [1.807, 2.05) is 6.92 Å². The molecule has 0 amide bonds. The summed E-state index contributed by atoms with van der Waals surface area (Å²) in [4.78, 5) is 15.2. The third kappa shape index (κ3) is 3.18. The standard InChI is InChI=1S/C11H13NO2.BrH.Mg.2H/c1-7-5-8-3-2-4-9(11(13)14)10(8)12-6-7;;;;/h5-6,9H,2-4H2,1H3,(H,13,14);1H;;;. The Morgan fingerprint density at radius 1 is 1.56 bits per heavy atom. The average molecular weight is 298 g/mol. The lowest BCUT2D eigenvalue weighted by atomic mass is 9.86. The summed E-state index contributed by atoms with van der Waals surface area (Å²) in [7, 11) is 0. The second-order valence-electron chi connectivity index (χ2n) is 3.84. The molecule has 1 aromatic rings. The lowest BCUT2D eigenvalue weighted by Crippen LogP contribution is -2.19. The van der Waals surface area contributed by atoms with Gasteiger partial charge in [0, 0.05) is 6.20 Å². The highest BCUT2D eigenvalue weighted by molar-refractivity contribution is 8.93. The van der Waals surface area contributed by atoms with Gasteiger partial charge in [0.05, 0.1) is 11.6 Å². The number of hydrogen-bond donors (Lipinski definition) is 1. The number of halogens is 1. The van der Waals surface area contributed by atoms with Crippen LogP contribution in [0.4, 0.5) is 0 Å². The van der Waals surface area contributed by atoms with Crippen molar-refractivity contribution < 1.29 is 9.90 Å². The Hall–Kier alpha value is -0.134. The van der Waals surface area contributed by atoms with E-state index in [9.17, 15) is 4.79 Å². The van der Waals surface area contributed by atoms with Crippen molar-refractivity contribution in [2.75, 3.05) is 0 Å². The van der Waals surface area contributed by atoms with E-state index in [-0.39, 0.29) is 46.0 Å². The molecule has 0 radical (unpaired) electrons. The smallest absolute Gasteiger partial charge is 0.316 e. The summed E-state index contributed by atoms with van der Waals surface area (Å²) in [6, 6.07) is 2.05. The van der Waals surface area contributed by atoms with E-state index in [0.717, 1.165) is 36.1 Å². The number of fused-ring (bicyclic) bond motifs is 1. The van der Waals surface area contributed by atoms with Gasteiger partial charge in [0.15, 0.2) is 0 Å². The van der Waals surface area contributed by atoms with E-state index >= 15 is 0 Å². The predicted molar refractivity (Wildman–Crippen MR) is 71.2 cm³/mol. The molecular formula is C11H16BrMgNO2. The number of carboxylic acids is 1. The highest BCUT2D eigenvalue weighted by Gasteiger charge is 2.27. The fraction of sp³-hybridized carbons (Fsp3) is 0.455. The lowest BCUT2D eigenvalue weighted by Gasteiger charge is -2.21. The van der Waals surface area contributed by atoms with Gasteiger partial charge in [0.25, 0.3) is 0 Å². The Labute approximate surface area is 122 Å². The second kappa shape index (κ2) is 6.56. The fourth-order valence-electron chi connectivity index (χ4n) is 2.03. The van der Waals surface area contributed by atoms with Gasteiger partial charge in [-0.15, -0.1) is 17.0 Å². The summed E-state index contributed by atoms with van der Waals surface area (Å²) in [5.41, 5.74) is 2.99. The molecule has 0 saturated heterocycles. The molecule has 0 aliphatic heterocycles. The molecule has 1 heterocycles. The van der Waals surface area contributed by atoms with Crippen LogP contribution in [0, 0.1) is 6.92 Å². The normalized spacial score (nSPS) is 17.7. The van der Waals surface area contributed by atoms with Crippen LogP contribution >= 0.6 is 17.0 Å². The predicted octanol–water partition coefficient (Wildman–Crippen LogP) is 1.56. The van der Waals surface area contributed by atoms with E-state index < -0.39 is 5.97 Å². The van der Waals surface area contributed by atoms with E-state index in [1.165, 1.54) is 0 Å². The molecule has 0 spiro atoms. The van der Waals surface area contributed by atoms with E-state index in [0.29, 0.717) is 0 Å². The van der Waals surface area contributed by atoms with E-state index in [1.54, 1.807) is 6.20 Å². The molecule has 0 bridgehead atoms. The van der Waals surface area contributed by atoms with Crippen LogP contribution in [0.15, 0.2) is 12.3 Å². The fourth-order valence-corrected chi connectivity index (χ4v) is 2.03. The molecule has 1 N–H and O–H groups in total. The minimum atomic E-state index is -0.748. The molecule has 16 heavy (non-hydrogen) atoms. The number of hydrogen-bond acceptors (Lipinski definition) is 2. The molecule has 0 saturated carbocycles.